The van der Waals surface area contributed by atoms with Crippen molar-refractivity contribution in [1.82, 2.24) is 9.97 Å². The number of thiazole rings is 1. The summed E-state index contributed by atoms with van der Waals surface area (Å²) in [7, 11) is 0. The van der Waals surface area contributed by atoms with Gasteiger partial charge in [0.15, 0.2) is 5.43 Å². The summed E-state index contributed by atoms with van der Waals surface area (Å²) in [5.74, 6) is 0. The highest BCUT2D eigenvalue weighted by Gasteiger charge is 2.07. The predicted molar refractivity (Wildman–Crippen MR) is 62.5 cm³/mol. The molecule has 2 heterocycles. The van der Waals surface area contributed by atoms with Crippen molar-refractivity contribution in [3.63, 3.8) is 0 Å². The molecular weight excluding hydrogens is 208 g/mol. The number of benzene rings is 1. The molecule has 0 radical (unpaired) electrons. The largest absolute Gasteiger partial charge is 0.361 e. The normalized spacial score (nSPS) is 11.3. The Labute approximate surface area is 89.4 Å². The standard InChI is InChI=1S/C11H8N2OS/c1-6-13-8-3-2-7-10(11(8)15-6)9(14)4-5-12-7/h2-5H,1H3,(H,12,14). The molecule has 0 saturated heterocycles. The van der Waals surface area contributed by atoms with Gasteiger partial charge in [-0.3, -0.25) is 4.79 Å². The molecule has 1 N–H and O–H groups in total. The van der Waals surface area contributed by atoms with Crippen LogP contribution in [0.15, 0.2) is 29.2 Å². The molecule has 0 amide bonds. The van der Waals surface area contributed by atoms with Gasteiger partial charge < -0.3 is 4.98 Å². The second-order valence-electron chi connectivity index (χ2n) is 3.41. The maximum Gasteiger partial charge on any atom is 0.190 e. The van der Waals surface area contributed by atoms with Crippen molar-refractivity contribution in [3.8, 4) is 0 Å². The van der Waals surface area contributed by atoms with Crippen molar-refractivity contribution in [2.45, 2.75) is 6.92 Å². The van der Waals surface area contributed by atoms with Crippen LogP contribution in [0.25, 0.3) is 21.1 Å². The van der Waals surface area contributed by atoms with Crippen molar-refractivity contribution in [3.05, 3.63) is 39.6 Å². The topological polar surface area (TPSA) is 45.8 Å². The quantitative estimate of drug-likeness (QED) is 0.627. The molecule has 1 aromatic carbocycles. The molecule has 0 atom stereocenters. The lowest BCUT2D eigenvalue weighted by Crippen LogP contribution is -1.99. The number of fused-ring (bicyclic) bond motifs is 3. The molecule has 0 saturated carbocycles. The number of aromatic amines is 1. The van der Waals surface area contributed by atoms with Gasteiger partial charge in [0.2, 0.25) is 0 Å². The third-order valence-electron chi connectivity index (χ3n) is 2.38. The van der Waals surface area contributed by atoms with Gasteiger partial charge in [-0.05, 0) is 19.1 Å². The average molecular weight is 216 g/mol. The first kappa shape index (κ1) is 8.61. The SMILES string of the molecule is Cc1nc2ccc3[nH]ccc(=O)c3c2s1. The highest BCUT2D eigenvalue weighted by atomic mass is 32.1. The van der Waals surface area contributed by atoms with E-state index in [0.717, 1.165) is 26.1 Å². The summed E-state index contributed by atoms with van der Waals surface area (Å²) in [6, 6.07) is 5.40. The summed E-state index contributed by atoms with van der Waals surface area (Å²) >= 11 is 1.56. The van der Waals surface area contributed by atoms with Crippen molar-refractivity contribution >= 4 is 32.5 Å². The van der Waals surface area contributed by atoms with Gasteiger partial charge in [0.1, 0.15) is 0 Å². The zero-order valence-corrected chi connectivity index (χ0v) is 8.89. The lowest BCUT2D eigenvalue weighted by atomic mass is 10.2. The van der Waals surface area contributed by atoms with Crippen LogP contribution in [0.5, 0.6) is 0 Å². The minimum atomic E-state index is 0.0537. The molecule has 3 rings (SSSR count). The van der Waals surface area contributed by atoms with E-state index in [-0.39, 0.29) is 5.43 Å². The van der Waals surface area contributed by atoms with Gasteiger partial charge >= 0.3 is 0 Å². The van der Waals surface area contributed by atoms with E-state index >= 15 is 0 Å². The van der Waals surface area contributed by atoms with Crippen LogP contribution in [0.4, 0.5) is 0 Å². The molecule has 3 nitrogen and oxygen atoms in total. The molecule has 0 spiro atoms. The molecule has 74 valence electrons. The number of H-pyrrole nitrogens is 1. The molecular formula is C11H8N2OS. The van der Waals surface area contributed by atoms with E-state index in [1.165, 1.54) is 0 Å². The first-order valence-corrected chi connectivity index (χ1v) is 5.45. The molecule has 4 heteroatoms. The van der Waals surface area contributed by atoms with Gasteiger partial charge in [-0.15, -0.1) is 11.3 Å². The minimum Gasteiger partial charge on any atom is -0.361 e. The number of pyridine rings is 1. The van der Waals surface area contributed by atoms with E-state index < -0.39 is 0 Å². The number of aryl methyl sites for hydroxylation is 1. The Hall–Kier alpha value is -1.68. The number of rotatable bonds is 0. The molecule has 2 aromatic heterocycles. The van der Waals surface area contributed by atoms with E-state index in [4.69, 9.17) is 0 Å². The number of hydrogen-bond donors (Lipinski definition) is 1. The van der Waals surface area contributed by atoms with Crippen molar-refractivity contribution in [2.24, 2.45) is 0 Å². The Balaban J connectivity index is 2.69. The highest BCUT2D eigenvalue weighted by molar-refractivity contribution is 7.19. The first-order valence-electron chi connectivity index (χ1n) is 4.63. The molecule has 0 aliphatic carbocycles. The molecule has 0 unspecified atom stereocenters. The molecule has 0 fully saturated rings. The molecule has 0 aliphatic rings. The first-order chi connectivity index (χ1) is 7.25. The maximum atomic E-state index is 11.8. The van der Waals surface area contributed by atoms with E-state index in [9.17, 15) is 4.79 Å². The fourth-order valence-electron chi connectivity index (χ4n) is 1.76. The average Bonchev–Trinajstić information content (AvgIpc) is 2.58. The molecule has 15 heavy (non-hydrogen) atoms. The van der Waals surface area contributed by atoms with Crippen LogP contribution in [-0.2, 0) is 0 Å². The van der Waals surface area contributed by atoms with Gasteiger partial charge in [-0.25, -0.2) is 4.98 Å². The highest BCUT2D eigenvalue weighted by Crippen LogP contribution is 2.26. The van der Waals surface area contributed by atoms with Crippen molar-refractivity contribution in [2.75, 3.05) is 0 Å². The lowest BCUT2D eigenvalue weighted by Gasteiger charge is -1.96. The van der Waals surface area contributed by atoms with Gasteiger partial charge in [-0.2, -0.15) is 0 Å². The fraction of sp³-hybridized carbons (Fsp3) is 0.0909. The Morgan fingerprint density at radius 3 is 3.07 bits per heavy atom. The summed E-state index contributed by atoms with van der Waals surface area (Å²) in [6.45, 7) is 1.95. The zero-order chi connectivity index (χ0) is 10.4. The Morgan fingerprint density at radius 2 is 2.20 bits per heavy atom. The predicted octanol–water partition coefficient (Wildman–Crippen LogP) is 2.45. The number of nitrogens with one attached hydrogen (secondary N) is 1. The Bertz CT molecular complexity index is 711. The fourth-order valence-corrected chi connectivity index (χ4v) is 2.73. The number of hydrogen-bond acceptors (Lipinski definition) is 3. The van der Waals surface area contributed by atoms with Crippen LogP contribution in [0.3, 0.4) is 0 Å². The monoisotopic (exact) mass is 216 g/mol. The maximum absolute atomic E-state index is 11.8. The minimum absolute atomic E-state index is 0.0537. The van der Waals surface area contributed by atoms with E-state index in [1.54, 1.807) is 23.6 Å². The second kappa shape index (κ2) is 2.90. The number of aromatic nitrogens is 2. The van der Waals surface area contributed by atoms with Gasteiger partial charge in [-0.1, -0.05) is 0 Å². The van der Waals surface area contributed by atoms with E-state index in [1.807, 2.05) is 19.1 Å². The van der Waals surface area contributed by atoms with Crippen LogP contribution < -0.4 is 5.43 Å². The summed E-state index contributed by atoms with van der Waals surface area (Å²) < 4.78 is 0.979. The van der Waals surface area contributed by atoms with E-state index in [0.29, 0.717) is 0 Å². The summed E-state index contributed by atoms with van der Waals surface area (Å²) in [5, 5.41) is 1.74. The van der Waals surface area contributed by atoms with Crippen molar-refractivity contribution < 1.29 is 0 Å². The van der Waals surface area contributed by atoms with Crippen LogP contribution in [0.1, 0.15) is 5.01 Å². The third-order valence-corrected chi connectivity index (χ3v) is 3.39. The smallest absolute Gasteiger partial charge is 0.190 e. The van der Waals surface area contributed by atoms with Gasteiger partial charge in [0, 0.05) is 12.3 Å². The summed E-state index contributed by atoms with van der Waals surface area (Å²) in [4.78, 5) is 19.2. The number of nitrogens with zero attached hydrogens (tertiary/aromatic N) is 1. The van der Waals surface area contributed by atoms with Crippen LogP contribution in [0.2, 0.25) is 0 Å². The van der Waals surface area contributed by atoms with Crippen LogP contribution in [-0.4, -0.2) is 9.97 Å². The summed E-state index contributed by atoms with van der Waals surface area (Å²) in [6.07, 6.45) is 1.67. The molecule has 0 bridgehead atoms. The van der Waals surface area contributed by atoms with E-state index in [2.05, 4.69) is 9.97 Å². The van der Waals surface area contributed by atoms with Crippen LogP contribution >= 0.6 is 11.3 Å². The molecule has 3 aromatic rings. The third kappa shape index (κ3) is 1.18. The van der Waals surface area contributed by atoms with Crippen molar-refractivity contribution in [1.29, 1.82) is 0 Å². The Kier molecular flexibility index (Phi) is 1.67. The van der Waals surface area contributed by atoms with Gasteiger partial charge in [0.05, 0.1) is 26.1 Å². The zero-order valence-electron chi connectivity index (χ0n) is 8.07. The Morgan fingerprint density at radius 1 is 1.33 bits per heavy atom. The lowest BCUT2D eigenvalue weighted by molar-refractivity contribution is 1.34. The van der Waals surface area contributed by atoms with Crippen LogP contribution in [0, 0.1) is 6.92 Å². The summed E-state index contributed by atoms with van der Waals surface area (Å²) in [5.41, 5.74) is 1.83. The molecule has 0 aliphatic heterocycles. The second-order valence-corrected chi connectivity index (χ2v) is 4.61. The van der Waals surface area contributed by atoms with Gasteiger partial charge in [0.25, 0.3) is 0 Å².